The minimum atomic E-state index is -0.125. The first-order chi connectivity index (χ1) is 11.5. The average molecular weight is 380 g/mol. The number of aromatic nitrogens is 2. The van der Waals surface area contributed by atoms with Crippen LogP contribution in [0.2, 0.25) is 5.02 Å². The standard InChI is InChI=1S/C16H14ClN3O2S2/c1-20-15(22)12-5-6-23-14(12)19-16(20)24-9-13(21)18-8-10-3-2-4-11(17)7-10/h2-7H,8-9H2,1H3,(H,18,21). The van der Waals surface area contributed by atoms with Crippen LogP contribution in [0.25, 0.3) is 10.2 Å². The van der Waals surface area contributed by atoms with E-state index in [2.05, 4.69) is 10.3 Å². The van der Waals surface area contributed by atoms with E-state index >= 15 is 0 Å². The predicted octanol–water partition coefficient (Wildman–Crippen LogP) is 3.06. The zero-order valence-corrected chi connectivity index (χ0v) is 15.2. The molecule has 5 nitrogen and oxygen atoms in total. The molecule has 0 saturated heterocycles. The number of halogens is 1. The van der Waals surface area contributed by atoms with Gasteiger partial charge >= 0.3 is 0 Å². The van der Waals surface area contributed by atoms with Crippen LogP contribution < -0.4 is 10.9 Å². The Labute approximate surface area is 151 Å². The summed E-state index contributed by atoms with van der Waals surface area (Å²) >= 11 is 8.58. The Morgan fingerprint density at radius 1 is 1.42 bits per heavy atom. The van der Waals surface area contributed by atoms with Gasteiger partial charge in [0.25, 0.3) is 5.56 Å². The van der Waals surface area contributed by atoms with Crippen LogP contribution in [0.15, 0.2) is 45.7 Å². The minimum absolute atomic E-state index is 0.0944. The number of thioether (sulfide) groups is 1. The second-order valence-corrected chi connectivity index (χ2v) is 7.37. The molecule has 2 aromatic heterocycles. The molecule has 1 amide bonds. The minimum Gasteiger partial charge on any atom is -0.351 e. The fraction of sp³-hybridized carbons (Fsp3) is 0.188. The number of carbonyl (C=O) groups is 1. The summed E-state index contributed by atoms with van der Waals surface area (Å²) in [6.45, 7) is 0.413. The van der Waals surface area contributed by atoms with Gasteiger partial charge in [0.1, 0.15) is 4.83 Å². The monoisotopic (exact) mass is 379 g/mol. The first-order valence-electron chi connectivity index (χ1n) is 7.13. The average Bonchev–Trinajstić information content (AvgIpc) is 3.03. The van der Waals surface area contributed by atoms with E-state index in [1.807, 2.05) is 23.6 Å². The number of hydrogen-bond donors (Lipinski definition) is 1. The van der Waals surface area contributed by atoms with E-state index in [0.29, 0.717) is 26.9 Å². The maximum Gasteiger partial charge on any atom is 0.262 e. The van der Waals surface area contributed by atoms with Crippen molar-refractivity contribution in [2.24, 2.45) is 7.05 Å². The molecule has 1 aromatic carbocycles. The molecule has 2 heterocycles. The Hall–Kier alpha value is -1.83. The van der Waals surface area contributed by atoms with Gasteiger partial charge < -0.3 is 5.32 Å². The van der Waals surface area contributed by atoms with E-state index in [0.717, 1.165) is 5.56 Å². The van der Waals surface area contributed by atoms with Gasteiger partial charge in [0.15, 0.2) is 5.16 Å². The Morgan fingerprint density at radius 2 is 2.25 bits per heavy atom. The summed E-state index contributed by atoms with van der Waals surface area (Å²) in [6, 6.07) is 9.10. The highest BCUT2D eigenvalue weighted by atomic mass is 35.5. The van der Waals surface area contributed by atoms with Crippen LogP contribution >= 0.6 is 34.7 Å². The summed E-state index contributed by atoms with van der Waals surface area (Å²) in [6.07, 6.45) is 0. The molecule has 8 heteroatoms. The highest BCUT2D eigenvalue weighted by Crippen LogP contribution is 2.20. The van der Waals surface area contributed by atoms with Crippen molar-refractivity contribution in [1.82, 2.24) is 14.9 Å². The normalized spacial score (nSPS) is 10.9. The Bertz CT molecular complexity index is 952. The van der Waals surface area contributed by atoms with Crippen molar-refractivity contribution in [3.05, 3.63) is 56.7 Å². The molecule has 0 saturated carbocycles. The van der Waals surface area contributed by atoms with Crippen molar-refractivity contribution in [2.75, 3.05) is 5.75 Å². The Balaban J connectivity index is 1.62. The van der Waals surface area contributed by atoms with Crippen LogP contribution in [-0.2, 0) is 18.4 Å². The van der Waals surface area contributed by atoms with Crippen molar-refractivity contribution >= 4 is 50.8 Å². The van der Waals surface area contributed by atoms with E-state index in [1.54, 1.807) is 19.2 Å². The molecule has 0 aliphatic carbocycles. The molecule has 0 atom stereocenters. The lowest BCUT2D eigenvalue weighted by Gasteiger charge is -2.08. The van der Waals surface area contributed by atoms with Crippen molar-refractivity contribution in [3.8, 4) is 0 Å². The zero-order valence-electron chi connectivity index (χ0n) is 12.8. The van der Waals surface area contributed by atoms with Gasteiger partial charge in [-0.1, -0.05) is 35.5 Å². The maximum atomic E-state index is 12.2. The van der Waals surface area contributed by atoms with Gasteiger partial charge in [0.05, 0.1) is 11.1 Å². The van der Waals surface area contributed by atoms with E-state index < -0.39 is 0 Å². The fourth-order valence-electron chi connectivity index (χ4n) is 2.14. The van der Waals surface area contributed by atoms with Gasteiger partial charge in [-0.15, -0.1) is 11.3 Å². The first-order valence-corrected chi connectivity index (χ1v) is 9.37. The van der Waals surface area contributed by atoms with Crippen molar-refractivity contribution in [2.45, 2.75) is 11.7 Å². The predicted molar refractivity (Wildman–Crippen MR) is 98.9 cm³/mol. The quantitative estimate of drug-likeness (QED) is 0.546. The molecule has 124 valence electrons. The molecule has 0 unspecified atom stereocenters. The molecule has 0 aliphatic rings. The molecular weight excluding hydrogens is 366 g/mol. The van der Waals surface area contributed by atoms with E-state index in [9.17, 15) is 9.59 Å². The molecule has 0 fully saturated rings. The number of rotatable bonds is 5. The molecule has 0 spiro atoms. The van der Waals surface area contributed by atoms with E-state index in [-0.39, 0.29) is 17.2 Å². The lowest BCUT2D eigenvalue weighted by atomic mass is 10.2. The van der Waals surface area contributed by atoms with Gasteiger partial charge in [0, 0.05) is 18.6 Å². The summed E-state index contributed by atoms with van der Waals surface area (Å²) in [5.74, 6) is 0.0677. The summed E-state index contributed by atoms with van der Waals surface area (Å²) in [4.78, 5) is 29.3. The number of benzene rings is 1. The topological polar surface area (TPSA) is 64.0 Å². The van der Waals surface area contributed by atoms with Crippen molar-refractivity contribution in [1.29, 1.82) is 0 Å². The third-order valence-electron chi connectivity index (χ3n) is 3.38. The maximum absolute atomic E-state index is 12.2. The number of carbonyl (C=O) groups excluding carboxylic acids is 1. The molecule has 24 heavy (non-hydrogen) atoms. The summed E-state index contributed by atoms with van der Waals surface area (Å²) in [5, 5.41) is 6.45. The largest absolute Gasteiger partial charge is 0.351 e. The second-order valence-electron chi connectivity index (χ2n) is 5.09. The first kappa shape index (κ1) is 17.0. The van der Waals surface area contributed by atoms with Gasteiger partial charge in [-0.2, -0.15) is 0 Å². The fourth-order valence-corrected chi connectivity index (χ4v) is 3.96. The number of amides is 1. The van der Waals surface area contributed by atoms with Gasteiger partial charge in [-0.3, -0.25) is 14.2 Å². The van der Waals surface area contributed by atoms with Crippen molar-refractivity contribution < 1.29 is 4.79 Å². The van der Waals surface area contributed by atoms with Crippen molar-refractivity contribution in [3.63, 3.8) is 0 Å². The SMILES string of the molecule is Cn1c(SCC(=O)NCc2cccc(Cl)c2)nc2sccc2c1=O. The molecule has 0 radical (unpaired) electrons. The van der Waals surface area contributed by atoms with Crippen LogP contribution in [0.1, 0.15) is 5.56 Å². The molecule has 0 aliphatic heterocycles. The third-order valence-corrected chi connectivity index (χ3v) is 5.45. The van der Waals surface area contributed by atoms with Crippen LogP contribution in [0.3, 0.4) is 0 Å². The highest BCUT2D eigenvalue weighted by Gasteiger charge is 2.11. The number of nitrogens with zero attached hydrogens (tertiary/aromatic N) is 2. The lowest BCUT2D eigenvalue weighted by molar-refractivity contribution is -0.118. The van der Waals surface area contributed by atoms with Crippen LogP contribution in [0.5, 0.6) is 0 Å². The smallest absolute Gasteiger partial charge is 0.262 e. The van der Waals surface area contributed by atoms with Crippen LogP contribution in [-0.4, -0.2) is 21.2 Å². The van der Waals surface area contributed by atoms with E-state index in [4.69, 9.17) is 11.6 Å². The van der Waals surface area contributed by atoms with Gasteiger partial charge in [-0.25, -0.2) is 4.98 Å². The molecule has 3 aromatic rings. The Kier molecular flexibility index (Phi) is 5.23. The summed E-state index contributed by atoms with van der Waals surface area (Å²) in [5.41, 5.74) is 0.842. The lowest BCUT2D eigenvalue weighted by Crippen LogP contribution is -2.25. The summed E-state index contributed by atoms with van der Waals surface area (Å²) < 4.78 is 1.48. The number of hydrogen-bond acceptors (Lipinski definition) is 5. The Morgan fingerprint density at radius 3 is 3.04 bits per heavy atom. The zero-order chi connectivity index (χ0) is 17.1. The molecule has 0 bridgehead atoms. The number of nitrogens with one attached hydrogen (secondary N) is 1. The second kappa shape index (κ2) is 7.38. The van der Waals surface area contributed by atoms with Gasteiger partial charge in [-0.05, 0) is 29.1 Å². The van der Waals surface area contributed by atoms with Crippen LogP contribution in [0, 0.1) is 0 Å². The summed E-state index contributed by atoms with van der Waals surface area (Å²) in [7, 11) is 1.67. The molecule has 3 rings (SSSR count). The van der Waals surface area contributed by atoms with Gasteiger partial charge in [0.2, 0.25) is 5.91 Å². The highest BCUT2D eigenvalue weighted by molar-refractivity contribution is 7.99. The number of fused-ring (bicyclic) bond motifs is 1. The third kappa shape index (κ3) is 3.80. The number of thiophene rings is 1. The van der Waals surface area contributed by atoms with Crippen LogP contribution in [0.4, 0.5) is 0 Å². The molecular formula is C16H14ClN3O2S2. The molecule has 1 N–H and O–H groups in total. The van der Waals surface area contributed by atoms with E-state index in [1.165, 1.54) is 27.7 Å².